The minimum Gasteiger partial charge on any atom is -0.355 e. The molecule has 146 valence electrons. The van der Waals surface area contributed by atoms with E-state index in [2.05, 4.69) is 42.0 Å². The molecular formula is C19H18N8OS. The zero-order valence-electron chi connectivity index (χ0n) is 15.4. The molecule has 1 fully saturated rings. The van der Waals surface area contributed by atoms with Gasteiger partial charge in [-0.25, -0.2) is 0 Å². The standard InChI is InChI=1S/C19H18N8OS/c20-11-14-4-1-3-13(9-14)10-17(28)23-19-26-25-18(29-19)22-15-6-8-27(12-15)16-5-2-7-21-24-16/h1-5,7,9,15H,6,8,10,12H2,(H,22,25)(H,23,26,28)/t15-/m1/s1. The number of benzene rings is 1. The molecule has 3 heterocycles. The van der Waals surface area contributed by atoms with Crippen molar-refractivity contribution in [2.24, 2.45) is 0 Å². The minimum atomic E-state index is -0.197. The lowest BCUT2D eigenvalue weighted by molar-refractivity contribution is -0.115. The largest absolute Gasteiger partial charge is 0.355 e. The Bertz CT molecular complexity index is 1030. The summed E-state index contributed by atoms with van der Waals surface area (Å²) < 4.78 is 0. The second-order valence-electron chi connectivity index (χ2n) is 6.61. The molecule has 3 aromatic rings. The zero-order valence-corrected chi connectivity index (χ0v) is 16.3. The molecule has 2 N–H and O–H groups in total. The molecule has 1 aliphatic rings. The van der Waals surface area contributed by atoms with E-state index in [0.717, 1.165) is 30.9 Å². The molecule has 0 radical (unpaired) electrons. The van der Waals surface area contributed by atoms with Gasteiger partial charge >= 0.3 is 0 Å². The van der Waals surface area contributed by atoms with E-state index in [0.29, 0.717) is 15.8 Å². The van der Waals surface area contributed by atoms with E-state index >= 15 is 0 Å². The van der Waals surface area contributed by atoms with E-state index in [1.54, 1.807) is 24.4 Å². The summed E-state index contributed by atoms with van der Waals surface area (Å²) in [5.74, 6) is 0.667. The predicted octanol–water partition coefficient (Wildman–Crippen LogP) is 2.07. The van der Waals surface area contributed by atoms with Gasteiger partial charge in [-0.1, -0.05) is 23.5 Å². The van der Waals surface area contributed by atoms with Crippen molar-refractivity contribution in [3.63, 3.8) is 0 Å². The number of anilines is 3. The molecule has 0 bridgehead atoms. The van der Waals surface area contributed by atoms with Crippen molar-refractivity contribution >= 4 is 33.3 Å². The van der Waals surface area contributed by atoms with Gasteiger partial charge in [-0.2, -0.15) is 10.4 Å². The maximum absolute atomic E-state index is 12.2. The van der Waals surface area contributed by atoms with Crippen molar-refractivity contribution in [1.82, 2.24) is 20.4 Å². The zero-order chi connectivity index (χ0) is 20.1. The van der Waals surface area contributed by atoms with Crippen LogP contribution >= 0.6 is 11.3 Å². The highest BCUT2D eigenvalue weighted by Gasteiger charge is 2.24. The van der Waals surface area contributed by atoms with Crippen LogP contribution in [0.5, 0.6) is 0 Å². The van der Waals surface area contributed by atoms with Gasteiger partial charge in [-0.15, -0.1) is 15.3 Å². The highest BCUT2D eigenvalue weighted by molar-refractivity contribution is 7.19. The molecule has 9 nitrogen and oxygen atoms in total. The fraction of sp³-hybridized carbons (Fsp3) is 0.263. The third kappa shape index (κ3) is 4.83. The summed E-state index contributed by atoms with van der Waals surface area (Å²) in [5.41, 5.74) is 1.31. The van der Waals surface area contributed by atoms with Crippen LogP contribution in [-0.4, -0.2) is 45.4 Å². The first-order chi connectivity index (χ1) is 14.2. The molecule has 2 aromatic heterocycles. The van der Waals surface area contributed by atoms with Gasteiger partial charge in [0, 0.05) is 25.3 Å². The van der Waals surface area contributed by atoms with Crippen molar-refractivity contribution in [1.29, 1.82) is 5.26 Å². The monoisotopic (exact) mass is 406 g/mol. The molecule has 0 aliphatic carbocycles. The Morgan fingerprint density at radius 2 is 2.14 bits per heavy atom. The summed E-state index contributed by atoms with van der Waals surface area (Å²) in [6, 6.07) is 13.1. The molecular weight excluding hydrogens is 388 g/mol. The summed E-state index contributed by atoms with van der Waals surface area (Å²) in [6.45, 7) is 1.69. The second-order valence-corrected chi connectivity index (χ2v) is 7.58. The van der Waals surface area contributed by atoms with Crippen LogP contribution in [0.15, 0.2) is 42.6 Å². The molecule has 29 heavy (non-hydrogen) atoms. The highest BCUT2D eigenvalue weighted by atomic mass is 32.1. The van der Waals surface area contributed by atoms with Crippen LogP contribution in [0.4, 0.5) is 16.1 Å². The number of hydrogen-bond donors (Lipinski definition) is 2. The van der Waals surface area contributed by atoms with Crippen LogP contribution in [0.3, 0.4) is 0 Å². The fourth-order valence-corrected chi connectivity index (χ4v) is 3.89. The maximum atomic E-state index is 12.2. The Morgan fingerprint density at radius 3 is 2.97 bits per heavy atom. The normalized spacial score (nSPS) is 15.7. The van der Waals surface area contributed by atoms with E-state index in [1.807, 2.05) is 18.2 Å². The smallest absolute Gasteiger partial charge is 0.230 e. The molecule has 0 unspecified atom stereocenters. The molecule has 4 rings (SSSR count). The lowest BCUT2D eigenvalue weighted by atomic mass is 10.1. The molecule has 10 heteroatoms. The quantitative estimate of drug-likeness (QED) is 0.638. The third-order valence-electron chi connectivity index (χ3n) is 4.49. The Balaban J connectivity index is 1.29. The van der Waals surface area contributed by atoms with E-state index < -0.39 is 0 Å². The van der Waals surface area contributed by atoms with Crippen LogP contribution < -0.4 is 15.5 Å². The average Bonchev–Trinajstić information content (AvgIpc) is 3.38. The van der Waals surface area contributed by atoms with E-state index in [-0.39, 0.29) is 18.4 Å². The number of carbonyl (C=O) groups is 1. The lowest BCUT2D eigenvalue weighted by Crippen LogP contribution is -2.26. The molecule has 1 amide bonds. The molecule has 0 spiro atoms. The van der Waals surface area contributed by atoms with Crippen LogP contribution in [0.1, 0.15) is 17.5 Å². The van der Waals surface area contributed by atoms with Crippen molar-refractivity contribution in [3.05, 3.63) is 53.7 Å². The van der Waals surface area contributed by atoms with Gasteiger partial charge in [0.1, 0.15) is 0 Å². The third-order valence-corrected chi connectivity index (χ3v) is 5.26. The molecule has 0 saturated carbocycles. The van der Waals surface area contributed by atoms with E-state index in [4.69, 9.17) is 5.26 Å². The van der Waals surface area contributed by atoms with Crippen LogP contribution in [0.25, 0.3) is 0 Å². The fourth-order valence-electron chi connectivity index (χ4n) is 3.15. The van der Waals surface area contributed by atoms with Crippen molar-refractivity contribution in [2.75, 3.05) is 28.6 Å². The molecule has 1 aromatic carbocycles. The molecule has 1 saturated heterocycles. The van der Waals surface area contributed by atoms with Gasteiger partial charge in [-0.05, 0) is 36.2 Å². The number of aromatic nitrogens is 4. The number of carbonyl (C=O) groups excluding carboxylic acids is 1. The number of nitrogens with one attached hydrogen (secondary N) is 2. The number of hydrogen-bond acceptors (Lipinski definition) is 9. The number of amides is 1. The van der Waals surface area contributed by atoms with Gasteiger partial charge in [-0.3, -0.25) is 4.79 Å². The SMILES string of the molecule is N#Cc1cccc(CC(=O)Nc2nnc(N[C@@H]3CCN(c4cccnn4)C3)s2)c1. The van der Waals surface area contributed by atoms with Crippen LogP contribution in [0, 0.1) is 11.3 Å². The lowest BCUT2D eigenvalue weighted by Gasteiger charge is -2.16. The Kier molecular flexibility index (Phi) is 5.58. The van der Waals surface area contributed by atoms with Gasteiger partial charge < -0.3 is 15.5 Å². The van der Waals surface area contributed by atoms with Gasteiger partial charge in [0.2, 0.25) is 16.2 Å². The maximum Gasteiger partial charge on any atom is 0.230 e. The van der Waals surface area contributed by atoms with E-state index in [9.17, 15) is 4.79 Å². The van der Waals surface area contributed by atoms with Crippen molar-refractivity contribution in [3.8, 4) is 6.07 Å². The highest BCUT2D eigenvalue weighted by Crippen LogP contribution is 2.24. The Hall–Kier alpha value is -3.58. The van der Waals surface area contributed by atoms with Crippen LogP contribution in [0.2, 0.25) is 0 Å². The van der Waals surface area contributed by atoms with Gasteiger partial charge in [0.05, 0.1) is 18.1 Å². The van der Waals surface area contributed by atoms with Crippen molar-refractivity contribution in [2.45, 2.75) is 18.9 Å². The number of nitriles is 1. The Labute approximate surface area is 171 Å². The number of rotatable bonds is 6. The first kappa shape index (κ1) is 18.8. The van der Waals surface area contributed by atoms with Gasteiger partial charge in [0.25, 0.3) is 0 Å². The summed E-state index contributed by atoms with van der Waals surface area (Å²) in [7, 11) is 0. The summed E-state index contributed by atoms with van der Waals surface area (Å²) in [5, 5.41) is 32.4. The second kappa shape index (κ2) is 8.62. The minimum absolute atomic E-state index is 0.174. The van der Waals surface area contributed by atoms with Crippen molar-refractivity contribution < 1.29 is 4.79 Å². The summed E-state index contributed by atoms with van der Waals surface area (Å²) >= 11 is 1.30. The first-order valence-electron chi connectivity index (χ1n) is 9.11. The summed E-state index contributed by atoms with van der Waals surface area (Å²) in [4.78, 5) is 14.4. The summed E-state index contributed by atoms with van der Waals surface area (Å²) in [6.07, 6.45) is 2.78. The van der Waals surface area contributed by atoms with E-state index in [1.165, 1.54) is 11.3 Å². The number of nitrogens with zero attached hydrogens (tertiary/aromatic N) is 6. The van der Waals surface area contributed by atoms with Crippen LogP contribution in [-0.2, 0) is 11.2 Å². The topological polar surface area (TPSA) is 120 Å². The Morgan fingerprint density at radius 1 is 1.24 bits per heavy atom. The first-order valence-corrected chi connectivity index (χ1v) is 9.93. The predicted molar refractivity (Wildman–Crippen MR) is 110 cm³/mol. The van der Waals surface area contributed by atoms with Gasteiger partial charge in [0.15, 0.2) is 5.82 Å². The average molecular weight is 406 g/mol. The molecule has 1 atom stereocenters. The molecule has 1 aliphatic heterocycles.